The molecule has 6 heteroatoms. The van der Waals surface area contributed by atoms with Crippen molar-refractivity contribution in [3.05, 3.63) is 59.1 Å². The van der Waals surface area contributed by atoms with Crippen LogP contribution in [-0.2, 0) is 4.79 Å². The number of benzene rings is 2. The maximum absolute atomic E-state index is 13.0. The first kappa shape index (κ1) is 18.1. The lowest BCUT2D eigenvalue weighted by Crippen LogP contribution is -2.42. The summed E-state index contributed by atoms with van der Waals surface area (Å²) in [6.45, 7) is 5.72. The lowest BCUT2D eigenvalue weighted by atomic mass is 10.1. The fourth-order valence-electron chi connectivity index (χ4n) is 2.70. The summed E-state index contributed by atoms with van der Waals surface area (Å²) in [4.78, 5) is 32.0. The fourth-order valence-corrected chi connectivity index (χ4v) is 3.38. The molecule has 0 bridgehead atoms. The molecule has 0 aliphatic rings. The van der Waals surface area contributed by atoms with Crippen molar-refractivity contribution in [1.29, 1.82) is 0 Å². The van der Waals surface area contributed by atoms with Gasteiger partial charge in [0.2, 0.25) is 5.91 Å². The van der Waals surface area contributed by atoms with Crippen molar-refractivity contribution in [1.82, 2.24) is 9.88 Å². The smallest absolute Gasteiger partial charge is 0.254 e. The summed E-state index contributed by atoms with van der Waals surface area (Å²) in [7, 11) is 0. The molecule has 3 aromatic rings. The molecule has 0 unspecified atom stereocenters. The van der Waals surface area contributed by atoms with E-state index in [1.165, 1.54) is 11.3 Å². The number of carbonyl (C=O) groups excluding carboxylic acids is 2. The quantitative estimate of drug-likeness (QED) is 0.739. The van der Waals surface area contributed by atoms with Crippen LogP contribution in [0.4, 0.5) is 5.13 Å². The Morgan fingerprint density at radius 3 is 2.54 bits per heavy atom. The monoisotopic (exact) mass is 367 g/mol. The van der Waals surface area contributed by atoms with Crippen LogP contribution in [-0.4, -0.2) is 34.3 Å². The Bertz CT molecular complexity index is 949. The number of hydrogen-bond acceptors (Lipinski definition) is 4. The lowest BCUT2D eigenvalue weighted by Gasteiger charge is -2.26. The summed E-state index contributed by atoms with van der Waals surface area (Å²) < 4.78 is 0. The van der Waals surface area contributed by atoms with E-state index in [1.807, 2.05) is 63.2 Å². The zero-order chi connectivity index (χ0) is 18.7. The van der Waals surface area contributed by atoms with E-state index in [2.05, 4.69) is 10.3 Å². The first-order valence-corrected chi connectivity index (χ1v) is 9.28. The summed E-state index contributed by atoms with van der Waals surface area (Å²) in [5.74, 6) is -0.404. The van der Waals surface area contributed by atoms with Gasteiger partial charge in [-0.3, -0.25) is 9.59 Å². The third kappa shape index (κ3) is 4.08. The van der Waals surface area contributed by atoms with E-state index in [-0.39, 0.29) is 24.4 Å². The van der Waals surface area contributed by atoms with Gasteiger partial charge in [-0.15, -0.1) is 11.3 Å². The normalized spacial score (nSPS) is 10.9. The number of fused-ring (bicyclic) bond motifs is 1. The van der Waals surface area contributed by atoms with Crippen molar-refractivity contribution in [2.75, 3.05) is 11.9 Å². The van der Waals surface area contributed by atoms with E-state index in [4.69, 9.17) is 0 Å². The Hall–Kier alpha value is -2.73. The second-order valence-corrected chi connectivity index (χ2v) is 7.65. The number of carbonyl (C=O) groups is 2. The van der Waals surface area contributed by atoms with Crippen molar-refractivity contribution < 1.29 is 9.59 Å². The van der Waals surface area contributed by atoms with Gasteiger partial charge in [-0.25, -0.2) is 4.98 Å². The van der Waals surface area contributed by atoms with E-state index >= 15 is 0 Å². The Morgan fingerprint density at radius 1 is 1.15 bits per heavy atom. The maximum Gasteiger partial charge on any atom is 0.254 e. The molecule has 134 valence electrons. The number of rotatable bonds is 5. The van der Waals surface area contributed by atoms with Crippen LogP contribution in [0.5, 0.6) is 0 Å². The number of aryl methyl sites for hydroxylation is 1. The SMILES string of the molecule is Cc1cnc(NC(=O)CN(C(=O)c2ccc3ccccc3c2)C(C)C)s1. The van der Waals surface area contributed by atoms with E-state index in [0.29, 0.717) is 10.7 Å². The third-order valence-corrected chi connectivity index (χ3v) is 4.89. The van der Waals surface area contributed by atoms with Gasteiger partial charge < -0.3 is 10.2 Å². The fraction of sp³-hybridized carbons (Fsp3) is 0.250. The van der Waals surface area contributed by atoms with Gasteiger partial charge in [-0.2, -0.15) is 0 Å². The summed E-state index contributed by atoms with van der Waals surface area (Å²) in [5.41, 5.74) is 0.579. The third-order valence-electron chi connectivity index (χ3n) is 4.06. The van der Waals surface area contributed by atoms with Crippen molar-refractivity contribution in [2.24, 2.45) is 0 Å². The predicted molar refractivity (Wildman–Crippen MR) is 106 cm³/mol. The van der Waals surface area contributed by atoms with Crippen LogP contribution in [0.2, 0.25) is 0 Å². The van der Waals surface area contributed by atoms with E-state index in [1.54, 1.807) is 11.1 Å². The van der Waals surface area contributed by atoms with Gasteiger partial charge in [0.05, 0.1) is 0 Å². The number of amides is 2. The summed E-state index contributed by atoms with van der Waals surface area (Å²) in [6, 6.07) is 13.4. The number of anilines is 1. The van der Waals surface area contributed by atoms with Gasteiger partial charge in [0.1, 0.15) is 6.54 Å². The van der Waals surface area contributed by atoms with Crippen molar-refractivity contribution in [3.8, 4) is 0 Å². The first-order chi connectivity index (χ1) is 12.4. The van der Waals surface area contributed by atoms with Crippen LogP contribution in [0.1, 0.15) is 29.1 Å². The number of hydrogen-bond donors (Lipinski definition) is 1. The summed E-state index contributed by atoms with van der Waals surface area (Å²) in [5, 5.41) is 5.39. The largest absolute Gasteiger partial charge is 0.327 e. The van der Waals surface area contributed by atoms with Crippen LogP contribution in [0, 0.1) is 6.92 Å². The molecule has 0 fully saturated rings. The molecule has 0 atom stereocenters. The van der Waals surface area contributed by atoms with Crippen molar-refractivity contribution in [3.63, 3.8) is 0 Å². The summed E-state index contributed by atoms with van der Waals surface area (Å²) >= 11 is 1.41. The molecule has 0 saturated carbocycles. The number of aromatic nitrogens is 1. The van der Waals surface area contributed by atoms with Crippen LogP contribution in [0.15, 0.2) is 48.7 Å². The van der Waals surface area contributed by atoms with Crippen LogP contribution < -0.4 is 5.32 Å². The average Bonchev–Trinajstić information content (AvgIpc) is 3.03. The number of thiazole rings is 1. The van der Waals surface area contributed by atoms with Gasteiger partial charge >= 0.3 is 0 Å². The first-order valence-electron chi connectivity index (χ1n) is 8.46. The molecule has 1 aromatic heterocycles. The van der Waals surface area contributed by atoms with Crippen molar-refractivity contribution >= 4 is 39.1 Å². The average molecular weight is 367 g/mol. The Morgan fingerprint density at radius 2 is 1.88 bits per heavy atom. The highest BCUT2D eigenvalue weighted by molar-refractivity contribution is 7.15. The van der Waals surface area contributed by atoms with Gasteiger partial charge in [-0.05, 0) is 43.7 Å². The van der Waals surface area contributed by atoms with E-state index in [9.17, 15) is 9.59 Å². The van der Waals surface area contributed by atoms with Gasteiger partial charge in [0.25, 0.3) is 5.91 Å². The molecule has 0 radical (unpaired) electrons. The minimum absolute atomic E-state index is 0.0119. The maximum atomic E-state index is 13.0. The molecule has 0 spiro atoms. The molecule has 0 aliphatic carbocycles. The zero-order valence-electron chi connectivity index (χ0n) is 15.0. The molecule has 1 N–H and O–H groups in total. The Balaban J connectivity index is 1.77. The predicted octanol–water partition coefficient (Wildman–Crippen LogP) is 4.09. The molecule has 5 nitrogen and oxygen atoms in total. The molecule has 3 rings (SSSR count). The van der Waals surface area contributed by atoms with Gasteiger partial charge in [0, 0.05) is 22.7 Å². The molecule has 0 saturated heterocycles. The molecule has 0 aliphatic heterocycles. The van der Waals surface area contributed by atoms with Crippen LogP contribution >= 0.6 is 11.3 Å². The Labute approximate surface area is 156 Å². The zero-order valence-corrected chi connectivity index (χ0v) is 15.8. The molecule has 26 heavy (non-hydrogen) atoms. The van der Waals surface area contributed by atoms with E-state index in [0.717, 1.165) is 15.6 Å². The number of nitrogens with zero attached hydrogens (tertiary/aromatic N) is 2. The minimum atomic E-state index is -0.248. The highest BCUT2D eigenvalue weighted by atomic mass is 32.1. The molecular formula is C20H21N3O2S. The standard InChI is InChI=1S/C20H21N3O2S/c1-13(2)23(12-18(24)22-20-21-11-14(3)26-20)19(25)17-9-8-15-6-4-5-7-16(15)10-17/h4-11,13H,12H2,1-3H3,(H,21,22,24). The number of nitrogens with one attached hydrogen (secondary N) is 1. The molecule has 1 heterocycles. The highest BCUT2D eigenvalue weighted by Crippen LogP contribution is 2.19. The topological polar surface area (TPSA) is 62.3 Å². The second-order valence-electron chi connectivity index (χ2n) is 6.41. The molecule has 2 aromatic carbocycles. The second kappa shape index (κ2) is 7.66. The minimum Gasteiger partial charge on any atom is -0.327 e. The van der Waals surface area contributed by atoms with Gasteiger partial charge in [-0.1, -0.05) is 30.3 Å². The van der Waals surface area contributed by atoms with Gasteiger partial charge in [0.15, 0.2) is 5.13 Å². The van der Waals surface area contributed by atoms with E-state index < -0.39 is 0 Å². The van der Waals surface area contributed by atoms with Crippen molar-refractivity contribution in [2.45, 2.75) is 26.8 Å². The summed E-state index contributed by atoms with van der Waals surface area (Å²) in [6.07, 6.45) is 1.71. The molecule has 2 amide bonds. The molecular weight excluding hydrogens is 346 g/mol. The Kier molecular flexibility index (Phi) is 5.32. The van der Waals surface area contributed by atoms with Crippen LogP contribution in [0.3, 0.4) is 0 Å². The van der Waals surface area contributed by atoms with Crippen LogP contribution in [0.25, 0.3) is 10.8 Å². The lowest BCUT2D eigenvalue weighted by molar-refractivity contribution is -0.117. The highest BCUT2D eigenvalue weighted by Gasteiger charge is 2.22.